The van der Waals surface area contributed by atoms with E-state index in [9.17, 15) is 4.79 Å². The molecular weight excluding hydrogens is 428 g/mol. The van der Waals surface area contributed by atoms with Gasteiger partial charge >= 0.3 is 0 Å². The van der Waals surface area contributed by atoms with Gasteiger partial charge in [0.2, 0.25) is 5.88 Å². The molecule has 0 bridgehead atoms. The number of pyridine rings is 1. The summed E-state index contributed by atoms with van der Waals surface area (Å²) in [6.45, 7) is 3.24. The Balaban J connectivity index is 1.33. The van der Waals surface area contributed by atoms with Gasteiger partial charge in [-0.05, 0) is 43.5 Å². The molecule has 34 heavy (non-hydrogen) atoms. The van der Waals surface area contributed by atoms with E-state index in [0.29, 0.717) is 24.5 Å². The highest BCUT2D eigenvalue weighted by Crippen LogP contribution is 2.33. The van der Waals surface area contributed by atoms with E-state index in [1.54, 1.807) is 37.1 Å². The highest BCUT2D eigenvalue weighted by Gasteiger charge is 2.29. The van der Waals surface area contributed by atoms with E-state index in [4.69, 9.17) is 4.74 Å². The number of piperidine rings is 1. The van der Waals surface area contributed by atoms with Crippen LogP contribution in [-0.4, -0.2) is 48.8 Å². The summed E-state index contributed by atoms with van der Waals surface area (Å²) in [5, 5.41) is 0. The zero-order valence-corrected chi connectivity index (χ0v) is 18.8. The average Bonchev–Trinajstić information content (AvgIpc) is 2.90. The molecular formula is C26H24N6O2. The number of likely N-dealkylation sites (tertiary alicyclic amines) is 1. The number of hydrogen-bond donors (Lipinski definition) is 0. The van der Waals surface area contributed by atoms with Crippen molar-refractivity contribution < 1.29 is 9.53 Å². The van der Waals surface area contributed by atoms with Gasteiger partial charge in [-0.25, -0.2) is 15.0 Å². The van der Waals surface area contributed by atoms with E-state index in [0.717, 1.165) is 41.1 Å². The van der Waals surface area contributed by atoms with Gasteiger partial charge < -0.3 is 9.64 Å². The topological polar surface area (TPSA) is 94.0 Å². The largest absolute Gasteiger partial charge is 0.437 e. The molecule has 0 N–H and O–H groups in total. The van der Waals surface area contributed by atoms with Crippen molar-refractivity contribution in [1.82, 2.24) is 29.8 Å². The first kappa shape index (κ1) is 21.6. The third-order valence-electron chi connectivity index (χ3n) is 5.95. The maximum absolute atomic E-state index is 13.2. The van der Waals surface area contributed by atoms with Crippen molar-refractivity contribution in [1.29, 1.82) is 0 Å². The second-order valence-corrected chi connectivity index (χ2v) is 8.26. The summed E-state index contributed by atoms with van der Waals surface area (Å²) < 4.78 is 6.13. The molecule has 0 spiro atoms. The van der Waals surface area contributed by atoms with Gasteiger partial charge in [0.1, 0.15) is 17.8 Å². The van der Waals surface area contributed by atoms with Gasteiger partial charge in [0.05, 0.1) is 11.3 Å². The number of aromatic nitrogens is 5. The van der Waals surface area contributed by atoms with Crippen molar-refractivity contribution in [2.45, 2.75) is 25.7 Å². The van der Waals surface area contributed by atoms with Gasteiger partial charge in [-0.2, -0.15) is 0 Å². The molecule has 1 aromatic carbocycles. The molecule has 4 aromatic rings. The van der Waals surface area contributed by atoms with Crippen LogP contribution in [0.1, 0.15) is 40.4 Å². The number of ether oxygens (including phenoxy) is 1. The highest BCUT2D eigenvalue weighted by molar-refractivity contribution is 5.94. The summed E-state index contributed by atoms with van der Waals surface area (Å²) in [5.74, 6) is 1.24. The number of benzene rings is 1. The van der Waals surface area contributed by atoms with Gasteiger partial charge in [-0.3, -0.25) is 14.8 Å². The summed E-state index contributed by atoms with van der Waals surface area (Å²) in [4.78, 5) is 36.6. The first-order valence-electron chi connectivity index (χ1n) is 11.2. The number of carbonyl (C=O) groups is 1. The fourth-order valence-electron chi connectivity index (χ4n) is 4.16. The summed E-state index contributed by atoms with van der Waals surface area (Å²) in [7, 11) is 0. The average molecular weight is 453 g/mol. The Hall–Kier alpha value is -4.20. The van der Waals surface area contributed by atoms with Crippen molar-refractivity contribution in [3.8, 4) is 22.9 Å². The van der Waals surface area contributed by atoms with Crippen molar-refractivity contribution in [3.63, 3.8) is 0 Å². The van der Waals surface area contributed by atoms with Crippen molar-refractivity contribution >= 4 is 5.91 Å². The molecule has 4 heterocycles. The lowest BCUT2D eigenvalue weighted by Gasteiger charge is -2.32. The van der Waals surface area contributed by atoms with Gasteiger partial charge in [-0.15, -0.1) is 0 Å². The second kappa shape index (κ2) is 9.74. The van der Waals surface area contributed by atoms with Crippen LogP contribution in [0, 0.1) is 6.92 Å². The minimum atomic E-state index is -0.0432. The molecule has 1 aliphatic rings. The standard InChI is InChI=1S/C26H24N6O2/c1-18-5-2-3-7-23(18)34-25-24(29-10-11-30-25)20-6-4-12-32(16-20)26(33)19-8-9-22(31-15-19)21-13-27-17-28-14-21/h2-3,5,7-11,13-15,17,20H,4,6,12,16H2,1H3. The van der Waals surface area contributed by atoms with Crippen molar-refractivity contribution in [3.05, 3.63) is 90.5 Å². The minimum absolute atomic E-state index is 0.0409. The van der Waals surface area contributed by atoms with E-state index < -0.39 is 0 Å². The molecule has 0 radical (unpaired) electrons. The molecule has 1 unspecified atom stereocenters. The quantitative estimate of drug-likeness (QED) is 0.442. The fourth-order valence-corrected chi connectivity index (χ4v) is 4.16. The van der Waals surface area contributed by atoms with Gasteiger partial charge in [0.25, 0.3) is 5.91 Å². The van der Waals surface area contributed by atoms with Crippen LogP contribution in [0.25, 0.3) is 11.3 Å². The zero-order chi connectivity index (χ0) is 23.3. The Morgan fingerprint density at radius 2 is 1.82 bits per heavy atom. The fraction of sp³-hybridized carbons (Fsp3) is 0.231. The van der Waals surface area contributed by atoms with Gasteiger partial charge in [0, 0.05) is 55.6 Å². The maximum atomic E-state index is 13.2. The third kappa shape index (κ3) is 4.61. The predicted octanol–water partition coefficient (Wildman–Crippen LogP) is 4.45. The monoisotopic (exact) mass is 452 g/mol. The smallest absolute Gasteiger partial charge is 0.255 e. The summed E-state index contributed by atoms with van der Waals surface area (Å²) in [6.07, 6.45) is 11.6. The summed E-state index contributed by atoms with van der Waals surface area (Å²) >= 11 is 0. The number of hydrogen-bond acceptors (Lipinski definition) is 7. The Morgan fingerprint density at radius 3 is 2.62 bits per heavy atom. The number of para-hydroxylation sites is 1. The first-order valence-corrected chi connectivity index (χ1v) is 11.2. The lowest BCUT2D eigenvalue weighted by Crippen LogP contribution is -2.39. The molecule has 8 nitrogen and oxygen atoms in total. The minimum Gasteiger partial charge on any atom is -0.437 e. The Labute approximate surface area is 197 Å². The normalized spacial score (nSPS) is 15.7. The van der Waals surface area contributed by atoms with Crippen LogP contribution >= 0.6 is 0 Å². The van der Waals surface area contributed by atoms with Crippen molar-refractivity contribution in [2.75, 3.05) is 13.1 Å². The molecule has 1 saturated heterocycles. The lowest BCUT2D eigenvalue weighted by molar-refractivity contribution is 0.0704. The third-order valence-corrected chi connectivity index (χ3v) is 5.95. The zero-order valence-electron chi connectivity index (χ0n) is 18.8. The van der Waals surface area contributed by atoms with E-state index in [1.165, 1.54) is 6.33 Å². The van der Waals surface area contributed by atoms with Crippen LogP contribution in [0.4, 0.5) is 0 Å². The van der Waals surface area contributed by atoms with Crippen molar-refractivity contribution in [2.24, 2.45) is 0 Å². The lowest BCUT2D eigenvalue weighted by atomic mass is 9.94. The Morgan fingerprint density at radius 1 is 1.00 bits per heavy atom. The molecule has 1 amide bonds. The molecule has 1 fully saturated rings. The van der Waals surface area contributed by atoms with Crippen LogP contribution in [0.3, 0.4) is 0 Å². The van der Waals surface area contributed by atoms with E-state index in [-0.39, 0.29) is 11.8 Å². The summed E-state index contributed by atoms with van der Waals surface area (Å²) in [5.41, 5.74) is 3.89. The second-order valence-electron chi connectivity index (χ2n) is 8.26. The van der Waals surface area contributed by atoms with Gasteiger partial charge in [-0.1, -0.05) is 18.2 Å². The van der Waals surface area contributed by atoms with Crippen LogP contribution in [-0.2, 0) is 0 Å². The molecule has 170 valence electrons. The number of aryl methyl sites for hydroxylation is 1. The Bertz CT molecular complexity index is 1280. The number of carbonyl (C=O) groups excluding carboxylic acids is 1. The molecule has 0 aliphatic carbocycles. The van der Waals surface area contributed by atoms with Crippen LogP contribution in [0.15, 0.2) is 73.7 Å². The number of nitrogens with zero attached hydrogens (tertiary/aromatic N) is 6. The SMILES string of the molecule is Cc1ccccc1Oc1nccnc1C1CCCN(C(=O)c2ccc(-c3cncnc3)nc2)C1. The van der Waals surface area contributed by atoms with E-state index in [2.05, 4.69) is 24.9 Å². The van der Waals surface area contributed by atoms with Crippen LogP contribution < -0.4 is 4.74 Å². The summed E-state index contributed by atoms with van der Waals surface area (Å²) in [6, 6.07) is 11.4. The predicted molar refractivity (Wildman–Crippen MR) is 126 cm³/mol. The van der Waals surface area contributed by atoms with Gasteiger partial charge in [0.15, 0.2) is 0 Å². The number of rotatable bonds is 5. The maximum Gasteiger partial charge on any atom is 0.255 e. The molecule has 1 aliphatic heterocycles. The number of amides is 1. The van der Waals surface area contributed by atoms with E-state index in [1.807, 2.05) is 42.2 Å². The molecule has 3 aromatic heterocycles. The molecule has 0 saturated carbocycles. The molecule has 1 atom stereocenters. The highest BCUT2D eigenvalue weighted by atomic mass is 16.5. The Kier molecular flexibility index (Phi) is 6.20. The first-order chi connectivity index (χ1) is 16.7. The van der Waals surface area contributed by atoms with Crippen LogP contribution in [0.2, 0.25) is 0 Å². The molecule has 8 heteroatoms. The van der Waals surface area contributed by atoms with Crippen LogP contribution in [0.5, 0.6) is 11.6 Å². The van der Waals surface area contributed by atoms with E-state index >= 15 is 0 Å². The molecule has 5 rings (SSSR count).